The summed E-state index contributed by atoms with van der Waals surface area (Å²) >= 11 is 0. The zero-order valence-electron chi connectivity index (χ0n) is 8.42. The fourth-order valence-corrected chi connectivity index (χ4v) is 3.50. The second-order valence-electron chi connectivity index (χ2n) is 3.92. The van der Waals surface area contributed by atoms with E-state index in [0.29, 0.717) is 12.4 Å². The number of rotatable bonds is 1. The summed E-state index contributed by atoms with van der Waals surface area (Å²) in [6.07, 6.45) is -4.44. The average molecular weight is 270 g/mol. The summed E-state index contributed by atoms with van der Waals surface area (Å²) < 4.78 is 60.2. The molecule has 2 atom stereocenters. The molecular formula is C8H9F3N2O3S. The van der Waals surface area contributed by atoms with Gasteiger partial charge in [-0.15, -0.1) is 0 Å². The van der Waals surface area contributed by atoms with Crippen molar-refractivity contribution in [2.45, 2.75) is 18.3 Å². The number of aliphatic hydroxyl groups is 1. The van der Waals surface area contributed by atoms with Gasteiger partial charge >= 0.3 is 6.18 Å². The van der Waals surface area contributed by atoms with Crippen LogP contribution in [-0.2, 0) is 16.0 Å². The number of nitrogens with zero attached hydrogens (tertiary/aromatic N) is 2. The Balaban J connectivity index is 2.28. The lowest BCUT2D eigenvalue weighted by atomic mass is 10.2. The Labute approximate surface area is 94.8 Å². The summed E-state index contributed by atoms with van der Waals surface area (Å²) in [5.74, 6) is -0.841. The van der Waals surface area contributed by atoms with Gasteiger partial charge in [-0.3, -0.25) is 4.68 Å². The number of aromatic nitrogens is 2. The van der Waals surface area contributed by atoms with Crippen molar-refractivity contribution in [1.82, 2.24) is 9.78 Å². The summed E-state index contributed by atoms with van der Waals surface area (Å²) in [5, 5.41) is 12.9. The fourth-order valence-electron chi connectivity index (χ4n) is 1.73. The van der Waals surface area contributed by atoms with Crippen molar-refractivity contribution in [2.24, 2.45) is 0 Å². The lowest BCUT2D eigenvalue weighted by molar-refractivity contribution is -0.137. The predicted octanol–water partition coefficient (Wildman–Crippen LogP) is 0.232. The number of alkyl halides is 3. The molecular weight excluding hydrogens is 261 g/mol. The van der Waals surface area contributed by atoms with E-state index in [4.69, 9.17) is 0 Å². The molecule has 2 heterocycles. The molecule has 0 bridgehead atoms. The van der Waals surface area contributed by atoms with Crippen molar-refractivity contribution >= 4 is 9.84 Å². The van der Waals surface area contributed by atoms with E-state index < -0.39 is 45.2 Å². The normalized spacial score (nSPS) is 28.5. The number of aliphatic hydroxyl groups excluding tert-OH is 1. The van der Waals surface area contributed by atoms with E-state index in [1.165, 1.54) is 0 Å². The van der Waals surface area contributed by atoms with Gasteiger partial charge in [0.2, 0.25) is 0 Å². The molecule has 1 fully saturated rings. The Morgan fingerprint density at radius 1 is 1.41 bits per heavy atom. The molecule has 0 amide bonds. The second-order valence-corrected chi connectivity index (χ2v) is 6.07. The molecule has 1 aromatic heterocycles. The maximum atomic E-state index is 12.3. The van der Waals surface area contributed by atoms with Crippen LogP contribution in [0.2, 0.25) is 0 Å². The van der Waals surface area contributed by atoms with Crippen molar-refractivity contribution in [2.75, 3.05) is 11.5 Å². The highest BCUT2D eigenvalue weighted by Gasteiger charge is 2.39. The van der Waals surface area contributed by atoms with Gasteiger partial charge in [0, 0.05) is 6.20 Å². The molecule has 0 aliphatic carbocycles. The lowest BCUT2D eigenvalue weighted by Crippen LogP contribution is -2.22. The number of sulfone groups is 1. The van der Waals surface area contributed by atoms with Crippen LogP contribution in [0.15, 0.2) is 12.4 Å². The standard InChI is InChI=1S/C8H9F3N2O3S/c9-8(10,11)5-1-12-13(2-5)6-3-17(15,16)4-7(6)14/h1-2,6-7,14H,3-4H2. The van der Waals surface area contributed by atoms with E-state index in [2.05, 4.69) is 5.10 Å². The van der Waals surface area contributed by atoms with Crippen molar-refractivity contribution in [1.29, 1.82) is 0 Å². The van der Waals surface area contributed by atoms with Crippen LogP contribution >= 0.6 is 0 Å². The largest absolute Gasteiger partial charge is 0.419 e. The monoisotopic (exact) mass is 270 g/mol. The molecule has 1 N–H and O–H groups in total. The molecule has 96 valence electrons. The van der Waals surface area contributed by atoms with Crippen LogP contribution in [0.3, 0.4) is 0 Å². The van der Waals surface area contributed by atoms with Crippen LogP contribution in [0.4, 0.5) is 13.2 Å². The Kier molecular flexibility index (Phi) is 2.69. The van der Waals surface area contributed by atoms with Gasteiger partial charge in [0.05, 0.1) is 35.4 Å². The van der Waals surface area contributed by atoms with Gasteiger partial charge in [0.1, 0.15) is 0 Å². The van der Waals surface area contributed by atoms with Crippen LogP contribution in [0.25, 0.3) is 0 Å². The molecule has 9 heteroatoms. The summed E-state index contributed by atoms with van der Waals surface area (Å²) in [6, 6.07) is -0.948. The molecule has 1 aromatic rings. The van der Waals surface area contributed by atoms with Gasteiger partial charge in [0.25, 0.3) is 0 Å². The molecule has 1 aliphatic rings. The minimum atomic E-state index is -4.53. The number of hydrogen-bond donors (Lipinski definition) is 1. The first-order valence-electron chi connectivity index (χ1n) is 4.69. The summed E-state index contributed by atoms with van der Waals surface area (Å²) in [4.78, 5) is 0. The molecule has 0 spiro atoms. The molecule has 0 saturated carbocycles. The summed E-state index contributed by atoms with van der Waals surface area (Å²) in [5.41, 5.74) is -0.964. The van der Waals surface area contributed by atoms with Crippen molar-refractivity contribution in [3.63, 3.8) is 0 Å². The van der Waals surface area contributed by atoms with Crippen LogP contribution in [0.5, 0.6) is 0 Å². The van der Waals surface area contributed by atoms with Gasteiger partial charge in [0.15, 0.2) is 9.84 Å². The highest BCUT2D eigenvalue weighted by atomic mass is 32.2. The van der Waals surface area contributed by atoms with Crippen LogP contribution in [0, 0.1) is 0 Å². The molecule has 2 rings (SSSR count). The van der Waals surface area contributed by atoms with E-state index in [1.54, 1.807) is 0 Å². The Bertz CT molecular complexity index is 522. The molecule has 1 aliphatic heterocycles. The topological polar surface area (TPSA) is 72.2 Å². The van der Waals surface area contributed by atoms with E-state index in [0.717, 1.165) is 4.68 Å². The minimum absolute atomic E-state index is 0.396. The molecule has 0 aromatic carbocycles. The van der Waals surface area contributed by atoms with Crippen molar-refractivity contribution in [3.05, 3.63) is 18.0 Å². The quantitative estimate of drug-likeness (QED) is 0.793. The van der Waals surface area contributed by atoms with Crippen molar-refractivity contribution in [3.8, 4) is 0 Å². The fraction of sp³-hybridized carbons (Fsp3) is 0.625. The molecule has 1 saturated heterocycles. The predicted molar refractivity (Wildman–Crippen MR) is 50.9 cm³/mol. The Morgan fingerprint density at radius 2 is 2.06 bits per heavy atom. The molecule has 5 nitrogen and oxygen atoms in total. The molecule has 0 radical (unpaired) electrons. The smallest absolute Gasteiger partial charge is 0.390 e. The third-order valence-electron chi connectivity index (χ3n) is 2.56. The van der Waals surface area contributed by atoms with Crippen LogP contribution in [-0.4, -0.2) is 40.9 Å². The average Bonchev–Trinajstić information content (AvgIpc) is 2.68. The van der Waals surface area contributed by atoms with Gasteiger partial charge in [-0.05, 0) is 0 Å². The van der Waals surface area contributed by atoms with E-state index in [-0.39, 0.29) is 0 Å². The van der Waals surface area contributed by atoms with Crippen molar-refractivity contribution < 1.29 is 26.7 Å². The van der Waals surface area contributed by atoms with E-state index >= 15 is 0 Å². The highest BCUT2D eigenvalue weighted by Crippen LogP contribution is 2.31. The van der Waals surface area contributed by atoms with Crippen LogP contribution < -0.4 is 0 Å². The zero-order valence-corrected chi connectivity index (χ0v) is 9.24. The summed E-state index contributed by atoms with van der Waals surface area (Å²) in [7, 11) is -3.41. The minimum Gasteiger partial charge on any atom is -0.390 e. The SMILES string of the molecule is O=S1(=O)CC(O)C(n2cc(C(F)(F)F)cn2)C1. The first-order valence-corrected chi connectivity index (χ1v) is 6.51. The van der Waals surface area contributed by atoms with Gasteiger partial charge in [-0.25, -0.2) is 8.42 Å². The summed E-state index contributed by atoms with van der Waals surface area (Å²) in [6.45, 7) is 0. The van der Waals surface area contributed by atoms with E-state index in [1.807, 2.05) is 0 Å². The van der Waals surface area contributed by atoms with Crippen LogP contribution in [0.1, 0.15) is 11.6 Å². The maximum Gasteiger partial charge on any atom is 0.419 e. The number of halogens is 3. The Hall–Kier alpha value is -1.09. The van der Waals surface area contributed by atoms with Gasteiger partial charge in [-0.1, -0.05) is 0 Å². The first-order chi connectivity index (χ1) is 7.69. The Morgan fingerprint density at radius 3 is 2.47 bits per heavy atom. The maximum absolute atomic E-state index is 12.3. The first kappa shape index (κ1) is 12.4. The number of hydrogen-bond acceptors (Lipinski definition) is 4. The van der Waals surface area contributed by atoms with E-state index in [9.17, 15) is 26.7 Å². The van der Waals surface area contributed by atoms with Gasteiger partial charge in [-0.2, -0.15) is 18.3 Å². The highest BCUT2D eigenvalue weighted by molar-refractivity contribution is 7.91. The molecule has 17 heavy (non-hydrogen) atoms. The third kappa shape index (κ3) is 2.44. The van der Waals surface area contributed by atoms with Gasteiger partial charge < -0.3 is 5.11 Å². The second kappa shape index (κ2) is 3.70. The lowest BCUT2D eigenvalue weighted by Gasteiger charge is -2.12. The third-order valence-corrected chi connectivity index (χ3v) is 4.26. The zero-order chi connectivity index (χ0) is 12.8. The molecule has 2 unspecified atom stereocenters.